The molecule has 42 heavy (non-hydrogen) atoms. The number of rotatable bonds is 4. The highest BCUT2D eigenvalue weighted by Crippen LogP contribution is 2.63. The number of aromatic nitrogens is 2. The molecule has 3 amide bonds. The van der Waals surface area contributed by atoms with Gasteiger partial charge in [0.15, 0.2) is 0 Å². The van der Waals surface area contributed by atoms with Crippen LogP contribution in [0.4, 0.5) is 13.2 Å². The summed E-state index contributed by atoms with van der Waals surface area (Å²) in [6.07, 6.45) is -1.19. The number of alkyl halides is 3. The van der Waals surface area contributed by atoms with Crippen molar-refractivity contribution in [3.8, 4) is 11.3 Å². The van der Waals surface area contributed by atoms with Gasteiger partial charge in [-0.15, -0.1) is 11.3 Å². The van der Waals surface area contributed by atoms with E-state index < -0.39 is 11.9 Å². The van der Waals surface area contributed by atoms with Crippen molar-refractivity contribution < 1.29 is 27.6 Å². The third kappa shape index (κ3) is 4.16. The van der Waals surface area contributed by atoms with Crippen LogP contribution in [0.15, 0.2) is 24.4 Å². The molecule has 1 saturated carbocycles. The van der Waals surface area contributed by atoms with Crippen molar-refractivity contribution in [1.29, 1.82) is 0 Å². The number of aryl methyl sites for hydroxylation is 1. The Balaban J connectivity index is 1.28. The third-order valence-corrected chi connectivity index (χ3v) is 10.7. The van der Waals surface area contributed by atoms with Gasteiger partial charge in [-0.3, -0.25) is 24.3 Å². The quantitative estimate of drug-likeness (QED) is 0.440. The van der Waals surface area contributed by atoms with E-state index in [0.717, 1.165) is 25.5 Å². The van der Waals surface area contributed by atoms with Crippen LogP contribution >= 0.6 is 11.3 Å². The Morgan fingerprint density at radius 3 is 2.60 bits per heavy atom. The van der Waals surface area contributed by atoms with Gasteiger partial charge in [0.2, 0.25) is 11.8 Å². The zero-order chi connectivity index (χ0) is 29.7. The highest BCUT2D eigenvalue weighted by Gasteiger charge is 2.72. The molecule has 3 aromatic heterocycles. The van der Waals surface area contributed by atoms with E-state index in [4.69, 9.17) is 0 Å². The van der Waals surface area contributed by atoms with Crippen LogP contribution in [-0.2, 0) is 22.3 Å². The minimum atomic E-state index is -4.70. The third-order valence-electron chi connectivity index (χ3n) is 9.53. The van der Waals surface area contributed by atoms with E-state index in [9.17, 15) is 27.6 Å². The van der Waals surface area contributed by atoms with Gasteiger partial charge >= 0.3 is 6.18 Å². The van der Waals surface area contributed by atoms with E-state index in [1.807, 2.05) is 13.8 Å². The molecule has 0 radical (unpaired) electrons. The summed E-state index contributed by atoms with van der Waals surface area (Å²) in [4.78, 5) is 52.0. The van der Waals surface area contributed by atoms with Gasteiger partial charge in [0.05, 0.1) is 39.9 Å². The van der Waals surface area contributed by atoms with Crippen LogP contribution in [0.25, 0.3) is 21.5 Å². The zero-order valence-corrected chi connectivity index (χ0v) is 24.2. The van der Waals surface area contributed by atoms with E-state index >= 15 is 0 Å². The molecule has 12 heteroatoms. The highest BCUT2D eigenvalue weighted by molar-refractivity contribution is 7.19. The second-order valence-electron chi connectivity index (χ2n) is 12.5. The summed E-state index contributed by atoms with van der Waals surface area (Å²) in [5.41, 5.74) is -0.199. The normalized spacial score (nSPS) is 26.6. The van der Waals surface area contributed by atoms with Gasteiger partial charge < -0.3 is 10.2 Å². The molecule has 3 aromatic rings. The van der Waals surface area contributed by atoms with E-state index in [1.165, 1.54) is 29.4 Å². The number of halogens is 3. The van der Waals surface area contributed by atoms with Gasteiger partial charge in [-0.25, -0.2) is 4.98 Å². The number of nitrogens with one attached hydrogen (secondary N) is 1. The molecule has 1 N–H and O–H groups in total. The predicted molar refractivity (Wildman–Crippen MR) is 149 cm³/mol. The molecule has 6 heterocycles. The van der Waals surface area contributed by atoms with Crippen LogP contribution in [0.1, 0.15) is 53.2 Å². The van der Waals surface area contributed by atoms with Gasteiger partial charge in [0, 0.05) is 35.8 Å². The number of amides is 3. The average molecular weight is 598 g/mol. The molecule has 3 aliphatic heterocycles. The molecule has 4 aliphatic rings. The second-order valence-corrected chi connectivity index (χ2v) is 13.7. The predicted octanol–water partition coefficient (Wildman–Crippen LogP) is 4.65. The number of likely N-dealkylation sites (tertiary alicyclic amines) is 2. The summed E-state index contributed by atoms with van der Waals surface area (Å²) < 4.78 is 42.4. The van der Waals surface area contributed by atoms with Crippen molar-refractivity contribution in [3.05, 3.63) is 46.1 Å². The molecule has 0 bridgehead atoms. The smallest absolute Gasteiger partial charge is 0.337 e. The Hall–Kier alpha value is -3.38. The fourth-order valence-corrected chi connectivity index (χ4v) is 8.34. The molecule has 8 nitrogen and oxygen atoms in total. The molecule has 1 aliphatic carbocycles. The molecule has 220 valence electrons. The van der Waals surface area contributed by atoms with Crippen molar-refractivity contribution >= 4 is 39.3 Å². The number of hydrogen-bond acceptors (Lipinski definition) is 7. The Morgan fingerprint density at radius 2 is 1.90 bits per heavy atom. The maximum absolute atomic E-state index is 14.0. The topological polar surface area (TPSA) is 95.5 Å². The molecule has 4 atom stereocenters. The lowest BCUT2D eigenvalue weighted by molar-refractivity contribution is -0.144. The largest absolute Gasteiger partial charge is 0.433 e. The van der Waals surface area contributed by atoms with Crippen molar-refractivity contribution in [2.75, 3.05) is 19.6 Å². The van der Waals surface area contributed by atoms with E-state index in [1.54, 1.807) is 17.0 Å². The number of pyridine rings is 2. The number of carbonyl (C=O) groups is 3. The number of hydrogen-bond donors (Lipinski definition) is 1. The van der Waals surface area contributed by atoms with Gasteiger partial charge in [-0.1, -0.05) is 13.8 Å². The van der Waals surface area contributed by atoms with Crippen LogP contribution in [-0.4, -0.2) is 63.2 Å². The Kier molecular flexibility index (Phi) is 6.08. The highest BCUT2D eigenvalue weighted by atomic mass is 32.1. The van der Waals surface area contributed by atoms with Crippen LogP contribution in [0, 0.1) is 30.1 Å². The summed E-state index contributed by atoms with van der Waals surface area (Å²) in [6, 6.07) is 4.44. The first-order chi connectivity index (χ1) is 19.9. The lowest BCUT2D eigenvalue weighted by Gasteiger charge is -2.24. The standard InChI is InChI=1S/C30H30F3N5O3S/c1-14-9-20(30(31,32)33)36-24(21(14)26(39)37-11-15-5-4-7-34-19(15)13-37)17-6-8-35-18-10-16(42-25(17)18)12-38-27(40)22-23(28(38)41)29(22,2)3/h6,8-10,15,19,22-23,34H,4-5,7,11-13H2,1-3H3/t15-,19+,22?,23?/m0/s1. The van der Waals surface area contributed by atoms with Crippen molar-refractivity contribution in [3.63, 3.8) is 0 Å². The minimum absolute atomic E-state index is 0.0349. The van der Waals surface area contributed by atoms with Crippen molar-refractivity contribution in [2.45, 2.75) is 52.4 Å². The first kappa shape index (κ1) is 27.5. The van der Waals surface area contributed by atoms with Crippen molar-refractivity contribution in [1.82, 2.24) is 25.1 Å². The van der Waals surface area contributed by atoms with E-state index in [0.29, 0.717) is 39.7 Å². The number of thiophene rings is 1. The van der Waals surface area contributed by atoms with Gasteiger partial charge in [-0.2, -0.15) is 13.2 Å². The average Bonchev–Trinajstić information content (AvgIpc) is 3.32. The zero-order valence-electron chi connectivity index (χ0n) is 23.4. The first-order valence-electron chi connectivity index (χ1n) is 14.2. The van der Waals surface area contributed by atoms with Crippen LogP contribution in [0.2, 0.25) is 0 Å². The Bertz CT molecular complexity index is 1630. The summed E-state index contributed by atoms with van der Waals surface area (Å²) >= 11 is 1.25. The molecule has 4 fully saturated rings. The number of nitrogens with zero attached hydrogens (tertiary/aromatic N) is 4. The van der Waals surface area contributed by atoms with E-state index in [-0.39, 0.29) is 64.4 Å². The summed E-state index contributed by atoms with van der Waals surface area (Å²) in [7, 11) is 0. The van der Waals surface area contributed by atoms with Crippen LogP contribution in [0.5, 0.6) is 0 Å². The fraction of sp³-hybridized carbons (Fsp3) is 0.500. The molecule has 0 aromatic carbocycles. The Morgan fingerprint density at radius 1 is 1.17 bits per heavy atom. The molecule has 0 spiro atoms. The molecular weight excluding hydrogens is 567 g/mol. The Labute approximate surface area is 244 Å². The van der Waals surface area contributed by atoms with Gasteiger partial charge in [0.25, 0.3) is 5.91 Å². The fourth-order valence-electron chi connectivity index (χ4n) is 7.22. The van der Waals surface area contributed by atoms with Gasteiger partial charge in [-0.05, 0) is 61.4 Å². The molecule has 3 saturated heterocycles. The number of imide groups is 1. The SMILES string of the molecule is Cc1cc(C(F)(F)F)nc(-c2ccnc3cc(CN4C(=O)C5C(C4=O)C5(C)C)sc23)c1C(=O)N1C[C@@H]2CCCN[C@@H]2C1. The molecule has 2 unspecified atom stereocenters. The summed E-state index contributed by atoms with van der Waals surface area (Å²) in [5, 5.41) is 3.46. The van der Waals surface area contributed by atoms with Crippen LogP contribution in [0.3, 0.4) is 0 Å². The van der Waals surface area contributed by atoms with Gasteiger partial charge in [0.1, 0.15) is 5.69 Å². The number of piperidine rings is 2. The summed E-state index contributed by atoms with van der Waals surface area (Å²) in [6.45, 7) is 7.35. The first-order valence-corrected chi connectivity index (χ1v) is 15.0. The molecular formula is C30H30F3N5O3S. The lowest BCUT2D eigenvalue weighted by atomic mass is 9.94. The van der Waals surface area contributed by atoms with Crippen molar-refractivity contribution in [2.24, 2.45) is 23.2 Å². The summed E-state index contributed by atoms with van der Waals surface area (Å²) in [5.74, 6) is -1.01. The maximum atomic E-state index is 14.0. The number of fused-ring (bicyclic) bond motifs is 3. The lowest BCUT2D eigenvalue weighted by Crippen LogP contribution is -2.41. The monoisotopic (exact) mass is 597 g/mol. The van der Waals surface area contributed by atoms with Crippen LogP contribution < -0.4 is 5.32 Å². The minimum Gasteiger partial charge on any atom is -0.337 e. The second kappa shape index (κ2) is 9.31. The molecule has 7 rings (SSSR count). The number of carbonyl (C=O) groups excluding carboxylic acids is 3. The maximum Gasteiger partial charge on any atom is 0.433 e. The van der Waals surface area contributed by atoms with E-state index in [2.05, 4.69) is 15.3 Å².